The smallest absolute Gasteiger partial charge is 0.251 e. The van der Waals surface area contributed by atoms with Crippen LogP contribution < -0.4 is 16.0 Å². The van der Waals surface area contributed by atoms with Crippen molar-refractivity contribution in [2.45, 2.75) is 39.2 Å². The summed E-state index contributed by atoms with van der Waals surface area (Å²) in [7, 11) is 1.63. The maximum Gasteiger partial charge on any atom is 0.251 e. The quantitative estimate of drug-likeness (QED) is 0.312. The molecule has 3 rings (SSSR count). The van der Waals surface area contributed by atoms with E-state index in [1.54, 1.807) is 7.05 Å². The molecule has 7 heteroatoms. The van der Waals surface area contributed by atoms with Crippen LogP contribution in [0.4, 0.5) is 0 Å². The first-order valence-corrected chi connectivity index (χ1v) is 11.8. The van der Waals surface area contributed by atoms with Crippen molar-refractivity contribution < 1.29 is 9.59 Å². The number of benzene rings is 2. The van der Waals surface area contributed by atoms with Crippen molar-refractivity contribution in [3.05, 3.63) is 70.8 Å². The molecule has 0 radical (unpaired) electrons. The number of aliphatic imine (C=N–C) groups is 1. The van der Waals surface area contributed by atoms with Gasteiger partial charge in [0.1, 0.15) is 0 Å². The van der Waals surface area contributed by atoms with Gasteiger partial charge in [-0.05, 0) is 55.0 Å². The Kier molecular flexibility index (Phi) is 9.30. The Bertz CT molecular complexity index is 973. The molecular weight excluding hydrogens is 414 g/mol. The fourth-order valence-electron chi connectivity index (χ4n) is 3.97. The van der Waals surface area contributed by atoms with Crippen molar-refractivity contribution in [2.24, 2.45) is 4.99 Å². The number of carbonyl (C=O) groups is 2. The maximum atomic E-state index is 12.6. The molecule has 0 atom stereocenters. The van der Waals surface area contributed by atoms with E-state index in [9.17, 15) is 9.59 Å². The normalized spacial score (nSPS) is 13.3. The zero-order chi connectivity index (χ0) is 23.5. The summed E-state index contributed by atoms with van der Waals surface area (Å²) < 4.78 is 0. The number of hydrogen-bond acceptors (Lipinski definition) is 3. The molecule has 7 nitrogen and oxygen atoms in total. The summed E-state index contributed by atoms with van der Waals surface area (Å²) in [5.41, 5.74) is 4.37. The Morgan fingerprint density at radius 3 is 2.67 bits per heavy atom. The molecule has 1 heterocycles. The average Bonchev–Trinajstić information content (AvgIpc) is 2.85. The second-order valence-electron chi connectivity index (χ2n) is 8.15. The van der Waals surface area contributed by atoms with Gasteiger partial charge in [0.2, 0.25) is 5.91 Å². The number of hydrogen-bond donors (Lipinski definition) is 3. The lowest BCUT2D eigenvalue weighted by Crippen LogP contribution is -2.38. The van der Waals surface area contributed by atoms with E-state index in [1.807, 2.05) is 42.2 Å². The zero-order valence-electron chi connectivity index (χ0n) is 19.7. The Morgan fingerprint density at radius 1 is 1.06 bits per heavy atom. The van der Waals surface area contributed by atoms with Crippen LogP contribution in [0.1, 0.15) is 46.8 Å². The number of amides is 2. The van der Waals surface area contributed by atoms with E-state index < -0.39 is 0 Å². The highest BCUT2D eigenvalue weighted by Gasteiger charge is 2.19. The van der Waals surface area contributed by atoms with Crippen LogP contribution in [-0.4, -0.2) is 55.9 Å². The molecule has 2 amide bonds. The molecule has 0 bridgehead atoms. The molecular formula is C26H35N5O2. The van der Waals surface area contributed by atoms with Gasteiger partial charge in [0, 0.05) is 51.8 Å². The van der Waals surface area contributed by atoms with Crippen molar-refractivity contribution in [3.8, 4) is 0 Å². The summed E-state index contributed by atoms with van der Waals surface area (Å²) in [5.74, 6) is 0.871. The summed E-state index contributed by atoms with van der Waals surface area (Å²) in [6.07, 6.45) is 2.95. The van der Waals surface area contributed by atoms with Crippen molar-refractivity contribution in [1.29, 1.82) is 0 Å². The van der Waals surface area contributed by atoms with Crippen LogP contribution in [0.25, 0.3) is 0 Å². The molecule has 0 unspecified atom stereocenters. The van der Waals surface area contributed by atoms with Crippen LogP contribution in [0.3, 0.4) is 0 Å². The molecule has 1 aliphatic heterocycles. The second-order valence-corrected chi connectivity index (χ2v) is 8.15. The number of carbonyl (C=O) groups excluding carboxylic acids is 2. The summed E-state index contributed by atoms with van der Waals surface area (Å²) in [6.45, 7) is 5.60. The Labute approximate surface area is 196 Å². The van der Waals surface area contributed by atoms with Gasteiger partial charge < -0.3 is 20.9 Å². The van der Waals surface area contributed by atoms with Gasteiger partial charge in [0.05, 0.1) is 0 Å². The van der Waals surface area contributed by atoms with Crippen molar-refractivity contribution in [2.75, 3.05) is 33.2 Å². The number of fused-ring (bicyclic) bond motifs is 1. The summed E-state index contributed by atoms with van der Waals surface area (Å²) in [4.78, 5) is 31.0. The highest BCUT2D eigenvalue weighted by Crippen LogP contribution is 2.19. The third kappa shape index (κ3) is 7.34. The molecule has 0 spiro atoms. The topological polar surface area (TPSA) is 85.8 Å². The molecule has 0 saturated carbocycles. The zero-order valence-corrected chi connectivity index (χ0v) is 19.7. The first-order valence-electron chi connectivity index (χ1n) is 11.8. The Balaban J connectivity index is 1.42. The monoisotopic (exact) mass is 449 g/mol. The minimum Gasteiger partial charge on any atom is -0.357 e. The summed E-state index contributed by atoms with van der Waals surface area (Å²) in [5, 5.41) is 9.24. The van der Waals surface area contributed by atoms with Crippen LogP contribution in [0.5, 0.6) is 0 Å². The van der Waals surface area contributed by atoms with E-state index in [4.69, 9.17) is 0 Å². The molecule has 33 heavy (non-hydrogen) atoms. The first kappa shape index (κ1) is 24.3. The fourth-order valence-corrected chi connectivity index (χ4v) is 3.97. The van der Waals surface area contributed by atoms with Gasteiger partial charge in [-0.3, -0.25) is 14.6 Å². The van der Waals surface area contributed by atoms with E-state index in [1.165, 1.54) is 11.1 Å². The van der Waals surface area contributed by atoms with E-state index in [-0.39, 0.29) is 11.8 Å². The lowest BCUT2D eigenvalue weighted by Gasteiger charge is -2.28. The third-order valence-corrected chi connectivity index (χ3v) is 5.77. The molecule has 176 valence electrons. The van der Waals surface area contributed by atoms with Crippen molar-refractivity contribution >= 4 is 17.8 Å². The average molecular weight is 450 g/mol. The lowest BCUT2D eigenvalue weighted by molar-refractivity contribution is -0.132. The van der Waals surface area contributed by atoms with Gasteiger partial charge in [0.25, 0.3) is 5.91 Å². The molecule has 0 aliphatic carbocycles. The maximum absolute atomic E-state index is 12.6. The largest absolute Gasteiger partial charge is 0.357 e. The molecule has 3 N–H and O–H groups in total. The van der Waals surface area contributed by atoms with Crippen LogP contribution in [0.2, 0.25) is 0 Å². The Hall–Kier alpha value is -3.35. The lowest BCUT2D eigenvalue weighted by atomic mass is 9.99. The van der Waals surface area contributed by atoms with Gasteiger partial charge in [-0.1, -0.05) is 36.4 Å². The summed E-state index contributed by atoms with van der Waals surface area (Å²) >= 11 is 0. The highest BCUT2D eigenvalue weighted by molar-refractivity contribution is 5.94. The second kappa shape index (κ2) is 12.6. The first-order chi connectivity index (χ1) is 16.1. The minimum absolute atomic E-state index is 0.0805. The predicted octanol–water partition coefficient (Wildman–Crippen LogP) is 2.51. The molecule has 0 saturated heterocycles. The molecule has 2 aromatic rings. The minimum atomic E-state index is -0.0805. The molecule has 1 aliphatic rings. The predicted molar refractivity (Wildman–Crippen MR) is 132 cm³/mol. The number of nitrogens with zero attached hydrogens (tertiary/aromatic N) is 2. The standard InChI is InChI=1S/C26H35N5O2/c1-3-28-26(30-16-13-20-8-6-11-22(18-20)25(33)27-2)29-15-7-12-24(32)31-17-14-21-9-4-5-10-23(21)19-31/h4-6,8-11,18H,3,7,12-17,19H2,1-2H3,(H,27,33)(H2,28,29,30). The SMILES string of the molecule is CCNC(=NCCCC(=O)N1CCc2ccccc2C1)NCCc1cccc(C(=O)NC)c1. The summed E-state index contributed by atoms with van der Waals surface area (Å²) in [6, 6.07) is 16.0. The highest BCUT2D eigenvalue weighted by atomic mass is 16.2. The fraction of sp³-hybridized carbons (Fsp3) is 0.423. The number of guanidine groups is 1. The van der Waals surface area contributed by atoms with Crippen LogP contribution in [-0.2, 0) is 24.2 Å². The number of rotatable bonds is 9. The molecule has 0 fully saturated rings. The molecule has 0 aromatic heterocycles. The van der Waals surface area contributed by atoms with Crippen LogP contribution >= 0.6 is 0 Å². The van der Waals surface area contributed by atoms with Gasteiger partial charge in [-0.25, -0.2) is 0 Å². The van der Waals surface area contributed by atoms with E-state index in [0.717, 1.165) is 43.9 Å². The Morgan fingerprint density at radius 2 is 1.88 bits per heavy atom. The van der Waals surface area contributed by atoms with Gasteiger partial charge in [-0.2, -0.15) is 0 Å². The van der Waals surface area contributed by atoms with Gasteiger partial charge >= 0.3 is 0 Å². The van der Waals surface area contributed by atoms with Crippen molar-refractivity contribution in [1.82, 2.24) is 20.9 Å². The third-order valence-electron chi connectivity index (χ3n) is 5.77. The molecule has 2 aromatic carbocycles. The van der Waals surface area contributed by atoms with Crippen LogP contribution in [0.15, 0.2) is 53.5 Å². The van der Waals surface area contributed by atoms with E-state index in [2.05, 4.69) is 39.1 Å². The van der Waals surface area contributed by atoms with Crippen molar-refractivity contribution in [3.63, 3.8) is 0 Å². The van der Waals surface area contributed by atoms with Crippen LogP contribution in [0, 0.1) is 0 Å². The van der Waals surface area contributed by atoms with E-state index in [0.29, 0.717) is 31.6 Å². The van der Waals surface area contributed by atoms with Gasteiger partial charge in [-0.15, -0.1) is 0 Å². The van der Waals surface area contributed by atoms with E-state index >= 15 is 0 Å². The number of nitrogens with one attached hydrogen (secondary N) is 3. The van der Waals surface area contributed by atoms with Gasteiger partial charge in [0.15, 0.2) is 5.96 Å².